The molecule has 4 heteroatoms. The van der Waals surface area contributed by atoms with Gasteiger partial charge in [-0.05, 0) is 36.6 Å². The van der Waals surface area contributed by atoms with Crippen molar-refractivity contribution in [2.45, 2.75) is 12.8 Å². The van der Waals surface area contributed by atoms with Crippen molar-refractivity contribution in [3.05, 3.63) is 53.7 Å². The van der Waals surface area contributed by atoms with Crippen LogP contribution in [0.1, 0.15) is 22.3 Å². The van der Waals surface area contributed by atoms with Gasteiger partial charge in [0.25, 0.3) is 5.91 Å². The van der Waals surface area contributed by atoms with Crippen LogP contribution in [-0.2, 0) is 6.42 Å². The van der Waals surface area contributed by atoms with Crippen LogP contribution >= 0.6 is 0 Å². The monoisotopic (exact) mass is 267 g/mol. The third-order valence-electron chi connectivity index (χ3n) is 3.62. The first-order valence-corrected chi connectivity index (χ1v) is 6.84. The number of carbonyl (C=O) groups excluding carboxylic acids is 1. The SMILES string of the molecule is CNC(=O)c1cccnc1N1CCCc2ccccc21. The van der Waals surface area contributed by atoms with E-state index >= 15 is 0 Å². The summed E-state index contributed by atoms with van der Waals surface area (Å²) in [5.41, 5.74) is 3.08. The second kappa shape index (κ2) is 5.33. The first-order chi connectivity index (χ1) is 9.81. The van der Waals surface area contributed by atoms with Gasteiger partial charge in [0.05, 0.1) is 5.56 Å². The van der Waals surface area contributed by atoms with Crippen molar-refractivity contribution >= 4 is 17.4 Å². The van der Waals surface area contributed by atoms with Gasteiger partial charge in [-0.2, -0.15) is 0 Å². The summed E-state index contributed by atoms with van der Waals surface area (Å²) in [6.07, 6.45) is 3.88. The van der Waals surface area contributed by atoms with Gasteiger partial charge in [0, 0.05) is 25.5 Å². The Bertz CT molecular complexity index is 639. The molecule has 0 fully saturated rings. The number of anilines is 2. The van der Waals surface area contributed by atoms with Gasteiger partial charge in [-0.1, -0.05) is 18.2 Å². The average molecular weight is 267 g/mol. The summed E-state index contributed by atoms with van der Waals surface area (Å²) in [7, 11) is 1.64. The molecule has 4 nitrogen and oxygen atoms in total. The average Bonchev–Trinajstić information content (AvgIpc) is 2.53. The Morgan fingerprint density at radius 3 is 2.95 bits per heavy atom. The van der Waals surface area contributed by atoms with Gasteiger partial charge in [0.1, 0.15) is 5.82 Å². The Labute approximate surface area is 118 Å². The normalized spacial score (nSPS) is 13.8. The highest BCUT2D eigenvalue weighted by Crippen LogP contribution is 2.33. The van der Waals surface area contributed by atoms with Crippen molar-refractivity contribution in [1.29, 1.82) is 0 Å². The van der Waals surface area contributed by atoms with Crippen molar-refractivity contribution in [3.63, 3.8) is 0 Å². The first kappa shape index (κ1) is 12.7. The van der Waals surface area contributed by atoms with Crippen LogP contribution in [0.3, 0.4) is 0 Å². The van der Waals surface area contributed by atoms with Crippen LogP contribution in [0.4, 0.5) is 11.5 Å². The number of aryl methyl sites for hydroxylation is 1. The van der Waals surface area contributed by atoms with Gasteiger partial charge in [0.15, 0.2) is 0 Å². The number of aromatic nitrogens is 1. The maximum atomic E-state index is 12.0. The number of nitrogens with zero attached hydrogens (tertiary/aromatic N) is 2. The lowest BCUT2D eigenvalue weighted by Crippen LogP contribution is -2.29. The van der Waals surface area contributed by atoms with Crippen LogP contribution in [0.5, 0.6) is 0 Å². The van der Waals surface area contributed by atoms with Gasteiger partial charge in [0.2, 0.25) is 0 Å². The molecule has 1 aromatic carbocycles. The number of nitrogens with one attached hydrogen (secondary N) is 1. The zero-order chi connectivity index (χ0) is 13.9. The fourth-order valence-electron chi connectivity index (χ4n) is 2.68. The molecule has 0 unspecified atom stereocenters. The lowest BCUT2D eigenvalue weighted by Gasteiger charge is -2.31. The summed E-state index contributed by atoms with van der Waals surface area (Å²) < 4.78 is 0. The maximum absolute atomic E-state index is 12.0. The molecule has 1 N–H and O–H groups in total. The zero-order valence-electron chi connectivity index (χ0n) is 11.5. The van der Waals surface area contributed by atoms with Gasteiger partial charge < -0.3 is 10.2 Å². The molecule has 0 aliphatic carbocycles. The van der Waals surface area contributed by atoms with Crippen LogP contribution < -0.4 is 10.2 Å². The van der Waals surface area contributed by atoms with Crippen molar-refractivity contribution in [2.24, 2.45) is 0 Å². The second-order valence-electron chi connectivity index (χ2n) is 4.84. The molecule has 102 valence electrons. The van der Waals surface area contributed by atoms with E-state index in [1.165, 1.54) is 5.56 Å². The van der Waals surface area contributed by atoms with E-state index < -0.39 is 0 Å². The minimum atomic E-state index is -0.101. The minimum absolute atomic E-state index is 0.101. The Morgan fingerprint density at radius 2 is 2.10 bits per heavy atom. The highest BCUT2D eigenvalue weighted by Gasteiger charge is 2.22. The molecular weight excluding hydrogens is 250 g/mol. The van der Waals surface area contributed by atoms with Crippen molar-refractivity contribution in [3.8, 4) is 0 Å². The lowest BCUT2D eigenvalue weighted by atomic mass is 10.0. The number of rotatable bonds is 2. The zero-order valence-corrected chi connectivity index (χ0v) is 11.5. The van der Waals surface area contributed by atoms with Crippen LogP contribution in [0.2, 0.25) is 0 Å². The number of para-hydroxylation sites is 1. The molecule has 1 aliphatic rings. The Hall–Kier alpha value is -2.36. The molecule has 0 bridgehead atoms. The minimum Gasteiger partial charge on any atom is -0.355 e. The number of amides is 1. The summed E-state index contributed by atoms with van der Waals surface area (Å²) in [4.78, 5) is 18.6. The Kier molecular flexibility index (Phi) is 3.37. The molecule has 2 heterocycles. The molecular formula is C16H17N3O. The fourth-order valence-corrected chi connectivity index (χ4v) is 2.68. The number of carbonyl (C=O) groups is 1. The van der Waals surface area contributed by atoms with E-state index in [1.807, 2.05) is 12.1 Å². The van der Waals surface area contributed by atoms with Gasteiger partial charge in [-0.3, -0.25) is 4.79 Å². The van der Waals surface area contributed by atoms with E-state index in [9.17, 15) is 4.79 Å². The Balaban J connectivity index is 2.09. The molecule has 1 aromatic heterocycles. The first-order valence-electron chi connectivity index (χ1n) is 6.84. The molecule has 0 atom stereocenters. The molecule has 1 amide bonds. The van der Waals surface area contributed by atoms with E-state index in [1.54, 1.807) is 19.3 Å². The number of hydrogen-bond acceptors (Lipinski definition) is 3. The number of pyridine rings is 1. The number of benzene rings is 1. The van der Waals surface area contributed by atoms with E-state index in [0.717, 1.165) is 30.9 Å². The standard InChI is InChI=1S/C16H17N3O/c1-17-16(20)13-8-4-10-18-15(13)19-11-5-7-12-6-2-3-9-14(12)19/h2-4,6,8-10H,5,7,11H2,1H3,(H,17,20). The smallest absolute Gasteiger partial charge is 0.254 e. The molecule has 2 aromatic rings. The van der Waals surface area contributed by atoms with Crippen LogP contribution in [-0.4, -0.2) is 24.5 Å². The summed E-state index contributed by atoms with van der Waals surface area (Å²) in [5.74, 6) is 0.634. The fraction of sp³-hybridized carbons (Fsp3) is 0.250. The highest BCUT2D eigenvalue weighted by atomic mass is 16.1. The van der Waals surface area contributed by atoms with E-state index in [-0.39, 0.29) is 5.91 Å². The predicted octanol–water partition coefficient (Wildman–Crippen LogP) is 2.53. The van der Waals surface area contributed by atoms with E-state index in [0.29, 0.717) is 5.56 Å². The molecule has 3 rings (SSSR count). The summed E-state index contributed by atoms with van der Waals surface area (Å²) in [6.45, 7) is 0.887. The van der Waals surface area contributed by atoms with Crippen LogP contribution in [0, 0.1) is 0 Å². The molecule has 0 radical (unpaired) electrons. The van der Waals surface area contributed by atoms with Gasteiger partial charge >= 0.3 is 0 Å². The topological polar surface area (TPSA) is 45.2 Å². The van der Waals surface area contributed by atoms with Crippen molar-refractivity contribution in [2.75, 3.05) is 18.5 Å². The number of hydrogen-bond donors (Lipinski definition) is 1. The summed E-state index contributed by atoms with van der Waals surface area (Å²) in [5, 5.41) is 2.68. The summed E-state index contributed by atoms with van der Waals surface area (Å²) in [6, 6.07) is 11.9. The highest BCUT2D eigenvalue weighted by molar-refractivity contribution is 5.99. The second-order valence-corrected chi connectivity index (χ2v) is 4.84. The quantitative estimate of drug-likeness (QED) is 0.909. The molecule has 0 spiro atoms. The van der Waals surface area contributed by atoms with Crippen molar-refractivity contribution < 1.29 is 4.79 Å². The molecule has 0 saturated heterocycles. The predicted molar refractivity (Wildman–Crippen MR) is 79.4 cm³/mol. The van der Waals surface area contributed by atoms with Crippen LogP contribution in [0.15, 0.2) is 42.6 Å². The largest absolute Gasteiger partial charge is 0.355 e. The van der Waals surface area contributed by atoms with Gasteiger partial charge in [-0.15, -0.1) is 0 Å². The molecule has 1 aliphatic heterocycles. The van der Waals surface area contributed by atoms with Crippen LogP contribution in [0.25, 0.3) is 0 Å². The molecule has 20 heavy (non-hydrogen) atoms. The third-order valence-corrected chi connectivity index (χ3v) is 3.62. The Morgan fingerprint density at radius 1 is 1.25 bits per heavy atom. The lowest BCUT2D eigenvalue weighted by molar-refractivity contribution is 0.0963. The van der Waals surface area contributed by atoms with Crippen molar-refractivity contribution in [1.82, 2.24) is 10.3 Å². The van der Waals surface area contributed by atoms with Gasteiger partial charge in [-0.25, -0.2) is 4.98 Å². The number of fused-ring (bicyclic) bond motifs is 1. The maximum Gasteiger partial charge on any atom is 0.254 e. The summed E-state index contributed by atoms with van der Waals surface area (Å²) >= 11 is 0. The third kappa shape index (κ3) is 2.13. The van der Waals surface area contributed by atoms with E-state index in [4.69, 9.17) is 0 Å². The van der Waals surface area contributed by atoms with E-state index in [2.05, 4.69) is 33.4 Å². The molecule has 0 saturated carbocycles.